The van der Waals surface area contributed by atoms with Crippen LogP contribution in [0.15, 0.2) is 48.5 Å². The number of benzene rings is 2. The number of halogens is 1. The summed E-state index contributed by atoms with van der Waals surface area (Å²) in [4.78, 5) is 26.4. The lowest BCUT2D eigenvalue weighted by molar-refractivity contribution is -0.128. The molecule has 1 N–H and O–H groups in total. The first kappa shape index (κ1) is 18.3. The fraction of sp³-hybridized carbons (Fsp3) is 0.300. The van der Waals surface area contributed by atoms with E-state index in [4.69, 9.17) is 16.3 Å². The first-order valence-electron chi connectivity index (χ1n) is 8.61. The van der Waals surface area contributed by atoms with Gasteiger partial charge in [-0.3, -0.25) is 9.59 Å². The summed E-state index contributed by atoms with van der Waals surface area (Å²) in [5.74, 6) is 0.268. The molecule has 136 valence electrons. The van der Waals surface area contributed by atoms with Crippen LogP contribution in [0.25, 0.3) is 0 Å². The molecule has 0 bridgehead atoms. The number of likely N-dealkylation sites (tertiary alicyclic amines) is 1. The molecule has 0 spiro atoms. The van der Waals surface area contributed by atoms with E-state index in [-0.39, 0.29) is 24.2 Å². The average Bonchev–Trinajstić information content (AvgIpc) is 3.00. The molecule has 1 heterocycles. The van der Waals surface area contributed by atoms with Crippen LogP contribution in [0.5, 0.6) is 5.75 Å². The molecule has 1 atom stereocenters. The Morgan fingerprint density at radius 1 is 1.19 bits per heavy atom. The highest BCUT2D eigenvalue weighted by atomic mass is 35.5. The van der Waals surface area contributed by atoms with Crippen LogP contribution in [0.2, 0.25) is 5.02 Å². The Hall–Kier alpha value is -2.53. The number of hydrogen-bond acceptors (Lipinski definition) is 3. The van der Waals surface area contributed by atoms with Crippen molar-refractivity contribution in [3.05, 3.63) is 59.1 Å². The second-order valence-corrected chi connectivity index (χ2v) is 6.68. The molecule has 1 aliphatic rings. The van der Waals surface area contributed by atoms with E-state index >= 15 is 0 Å². The van der Waals surface area contributed by atoms with Gasteiger partial charge in [-0.15, -0.1) is 0 Å². The Labute approximate surface area is 157 Å². The van der Waals surface area contributed by atoms with Crippen LogP contribution in [-0.2, 0) is 16.1 Å². The lowest BCUT2D eigenvalue weighted by Crippen LogP contribution is -2.28. The van der Waals surface area contributed by atoms with E-state index in [2.05, 4.69) is 5.32 Å². The van der Waals surface area contributed by atoms with Gasteiger partial charge in [-0.05, 0) is 48.9 Å². The van der Waals surface area contributed by atoms with E-state index in [9.17, 15) is 9.59 Å². The fourth-order valence-electron chi connectivity index (χ4n) is 2.96. The summed E-state index contributed by atoms with van der Waals surface area (Å²) in [6.45, 7) is 3.43. The van der Waals surface area contributed by atoms with Crippen molar-refractivity contribution < 1.29 is 14.3 Å². The van der Waals surface area contributed by atoms with Crippen LogP contribution in [-0.4, -0.2) is 29.9 Å². The summed E-state index contributed by atoms with van der Waals surface area (Å²) in [6.07, 6.45) is 0.233. The molecular weight excluding hydrogens is 352 g/mol. The normalized spacial score (nSPS) is 16.6. The van der Waals surface area contributed by atoms with Gasteiger partial charge in [0.1, 0.15) is 5.75 Å². The lowest BCUT2D eigenvalue weighted by Gasteiger charge is -2.17. The van der Waals surface area contributed by atoms with Gasteiger partial charge in [0.15, 0.2) is 0 Å². The van der Waals surface area contributed by atoms with Gasteiger partial charge in [-0.25, -0.2) is 0 Å². The minimum absolute atomic E-state index is 0.00760. The third-order valence-electron chi connectivity index (χ3n) is 4.30. The summed E-state index contributed by atoms with van der Waals surface area (Å²) >= 11 is 5.88. The molecule has 26 heavy (non-hydrogen) atoms. The SMILES string of the molecule is CCOc1ccc(NC(=O)C2CC(=O)N(Cc3ccc(Cl)cc3)C2)cc1. The van der Waals surface area contributed by atoms with Crippen LogP contribution in [0.4, 0.5) is 5.69 Å². The van der Waals surface area contributed by atoms with E-state index in [0.717, 1.165) is 11.3 Å². The van der Waals surface area contributed by atoms with Crippen molar-refractivity contribution in [1.29, 1.82) is 0 Å². The molecule has 5 nitrogen and oxygen atoms in total. The van der Waals surface area contributed by atoms with Crippen LogP contribution in [0.1, 0.15) is 18.9 Å². The van der Waals surface area contributed by atoms with Crippen LogP contribution >= 0.6 is 11.6 Å². The molecule has 1 saturated heterocycles. The van der Waals surface area contributed by atoms with Crippen molar-refractivity contribution in [3.8, 4) is 5.75 Å². The van der Waals surface area contributed by atoms with Gasteiger partial charge in [0.2, 0.25) is 11.8 Å². The van der Waals surface area contributed by atoms with Crippen molar-refractivity contribution in [2.45, 2.75) is 19.9 Å². The van der Waals surface area contributed by atoms with Crippen LogP contribution in [0, 0.1) is 5.92 Å². The predicted octanol–water partition coefficient (Wildman–Crippen LogP) is 3.73. The molecule has 2 aromatic carbocycles. The summed E-state index contributed by atoms with van der Waals surface area (Å²) in [7, 11) is 0. The van der Waals surface area contributed by atoms with Gasteiger partial charge in [0.25, 0.3) is 0 Å². The number of anilines is 1. The summed E-state index contributed by atoms with van der Waals surface area (Å²) in [5, 5.41) is 3.54. The zero-order chi connectivity index (χ0) is 18.5. The van der Waals surface area contributed by atoms with E-state index in [1.807, 2.05) is 31.2 Å². The highest BCUT2D eigenvalue weighted by Crippen LogP contribution is 2.23. The quantitative estimate of drug-likeness (QED) is 0.840. The maximum atomic E-state index is 12.5. The Balaban J connectivity index is 1.57. The van der Waals surface area contributed by atoms with Crippen molar-refractivity contribution in [2.24, 2.45) is 5.92 Å². The highest BCUT2D eigenvalue weighted by molar-refractivity contribution is 6.30. The molecule has 0 radical (unpaired) electrons. The molecule has 6 heteroatoms. The van der Waals surface area contributed by atoms with Gasteiger partial charge in [0, 0.05) is 30.2 Å². The molecule has 1 unspecified atom stereocenters. The fourth-order valence-corrected chi connectivity index (χ4v) is 3.08. The van der Waals surface area contributed by atoms with Crippen molar-refractivity contribution in [2.75, 3.05) is 18.5 Å². The smallest absolute Gasteiger partial charge is 0.229 e. The van der Waals surface area contributed by atoms with E-state index < -0.39 is 0 Å². The van der Waals surface area contributed by atoms with Crippen molar-refractivity contribution >= 4 is 29.1 Å². The Morgan fingerprint density at radius 2 is 1.88 bits per heavy atom. The van der Waals surface area contributed by atoms with Crippen LogP contribution < -0.4 is 10.1 Å². The minimum atomic E-state index is -0.346. The van der Waals surface area contributed by atoms with E-state index in [1.165, 1.54) is 0 Å². The predicted molar refractivity (Wildman–Crippen MR) is 101 cm³/mol. The zero-order valence-electron chi connectivity index (χ0n) is 14.6. The van der Waals surface area contributed by atoms with Gasteiger partial charge in [0.05, 0.1) is 12.5 Å². The molecular formula is C20H21ClN2O3. The molecule has 1 fully saturated rings. The van der Waals surface area contributed by atoms with Crippen molar-refractivity contribution in [1.82, 2.24) is 4.90 Å². The van der Waals surface area contributed by atoms with E-state index in [0.29, 0.717) is 30.4 Å². The standard InChI is InChI=1S/C20H21ClN2O3/c1-2-26-18-9-7-17(8-10-18)22-20(25)15-11-19(24)23(13-15)12-14-3-5-16(21)6-4-14/h3-10,15H,2,11-13H2,1H3,(H,22,25). The summed E-state index contributed by atoms with van der Waals surface area (Å²) in [5.41, 5.74) is 1.69. The molecule has 2 amide bonds. The van der Waals surface area contributed by atoms with Gasteiger partial charge in [-0.2, -0.15) is 0 Å². The van der Waals surface area contributed by atoms with Gasteiger partial charge in [-0.1, -0.05) is 23.7 Å². The average molecular weight is 373 g/mol. The highest BCUT2D eigenvalue weighted by Gasteiger charge is 2.34. The zero-order valence-corrected chi connectivity index (χ0v) is 15.3. The Bertz CT molecular complexity index is 775. The maximum Gasteiger partial charge on any atom is 0.229 e. The Morgan fingerprint density at radius 3 is 2.54 bits per heavy atom. The molecule has 0 aromatic heterocycles. The van der Waals surface area contributed by atoms with E-state index in [1.54, 1.807) is 29.2 Å². The number of nitrogens with one attached hydrogen (secondary N) is 1. The largest absolute Gasteiger partial charge is 0.494 e. The number of amides is 2. The molecule has 3 rings (SSSR count). The number of carbonyl (C=O) groups is 2. The lowest BCUT2D eigenvalue weighted by atomic mass is 10.1. The van der Waals surface area contributed by atoms with Crippen LogP contribution in [0.3, 0.4) is 0 Å². The number of hydrogen-bond donors (Lipinski definition) is 1. The third-order valence-corrected chi connectivity index (χ3v) is 4.56. The summed E-state index contributed by atoms with van der Waals surface area (Å²) in [6, 6.07) is 14.6. The number of ether oxygens (including phenoxy) is 1. The topological polar surface area (TPSA) is 58.6 Å². The van der Waals surface area contributed by atoms with Gasteiger partial charge >= 0.3 is 0 Å². The minimum Gasteiger partial charge on any atom is -0.494 e. The summed E-state index contributed by atoms with van der Waals surface area (Å²) < 4.78 is 5.39. The third kappa shape index (κ3) is 4.55. The second kappa shape index (κ2) is 8.23. The van der Waals surface area contributed by atoms with Gasteiger partial charge < -0.3 is 15.0 Å². The second-order valence-electron chi connectivity index (χ2n) is 6.25. The molecule has 2 aromatic rings. The number of carbonyl (C=O) groups excluding carboxylic acids is 2. The maximum absolute atomic E-state index is 12.5. The number of nitrogens with zero attached hydrogens (tertiary/aromatic N) is 1. The number of rotatable bonds is 6. The van der Waals surface area contributed by atoms with Crippen molar-refractivity contribution in [3.63, 3.8) is 0 Å². The monoisotopic (exact) mass is 372 g/mol. The molecule has 0 aliphatic carbocycles. The molecule has 0 saturated carbocycles. The Kier molecular flexibility index (Phi) is 5.78. The first-order chi connectivity index (χ1) is 12.5. The molecule has 1 aliphatic heterocycles. The first-order valence-corrected chi connectivity index (χ1v) is 8.99.